The van der Waals surface area contributed by atoms with E-state index in [0.29, 0.717) is 12.6 Å². The first-order valence-electron chi connectivity index (χ1n) is 6.53. The van der Waals surface area contributed by atoms with E-state index in [1.807, 2.05) is 13.0 Å². The third kappa shape index (κ3) is 3.68. The summed E-state index contributed by atoms with van der Waals surface area (Å²) in [7, 11) is 1.80. The number of guanidine groups is 1. The first kappa shape index (κ1) is 12.8. The molecule has 1 aromatic rings. The highest BCUT2D eigenvalue weighted by molar-refractivity contribution is 5.79. The van der Waals surface area contributed by atoms with Gasteiger partial charge in [0.1, 0.15) is 5.82 Å². The molecule has 1 fully saturated rings. The fourth-order valence-corrected chi connectivity index (χ4v) is 2.24. The summed E-state index contributed by atoms with van der Waals surface area (Å²) in [6.07, 6.45) is 6.91. The van der Waals surface area contributed by atoms with E-state index in [4.69, 9.17) is 0 Å². The molecule has 1 aliphatic rings. The molecule has 0 aliphatic heterocycles. The molecule has 0 bridgehead atoms. The van der Waals surface area contributed by atoms with Crippen LogP contribution in [0.15, 0.2) is 17.3 Å². The van der Waals surface area contributed by atoms with Crippen LogP contribution in [0.5, 0.6) is 0 Å². The lowest BCUT2D eigenvalue weighted by Crippen LogP contribution is -2.42. The summed E-state index contributed by atoms with van der Waals surface area (Å²) in [5, 5.41) is 6.73. The lowest BCUT2D eigenvalue weighted by molar-refractivity contribution is 0.612. The second-order valence-corrected chi connectivity index (χ2v) is 4.65. The molecule has 5 heteroatoms. The first-order valence-corrected chi connectivity index (χ1v) is 6.53. The largest absolute Gasteiger partial charge is 0.354 e. The number of hydrogen-bond donors (Lipinski definition) is 2. The Bertz CT molecular complexity index is 410. The average Bonchev–Trinajstić information content (AvgIpc) is 2.87. The summed E-state index contributed by atoms with van der Waals surface area (Å²) < 4.78 is 0. The van der Waals surface area contributed by atoms with Gasteiger partial charge in [-0.05, 0) is 25.8 Å². The van der Waals surface area contributed by atoms with Gasteiger partial charge in [0, 0.05) is 19.3 Å². The molecule has 0 atom stereocenters. The maximum absolute atomic E-state index is 4.35. The molecule has 1 heterocycles. The molecular formula is C13H21N5. The van der Waals surface area contributed by atoms with Gasteiger partial charge < -0.3 is 10.6 Å². The SMILES string of the molecule is CN=C(NCc1ccnc(C)n1)NC1CCCC1. The van der Waals surface area contributed by atoms with Gasteiger partial charge in [-0.2, -0.15) is 0 Å². The third-order valence-corrected chi connectivity index (χ3v) is 3.19. The van der Waals surface area contributed by atoms with Crippen molar-refractivity contribution in [3.8, 4) is 0 Å². The molecule has 0 radical (unpaired) electrons. The maximum atomic E-state index is 4.35. The summed E-state index contributed by atoms with van der Waals surface area (Å²) >= 11 is 0. The molecular weight excluding hydrogens is 226 g/mol. The molecule has 0 aromatic carbocycles. The van der Waals surface area contributed by atoms with E-state index >= 15 is 0 Å². The summed E-state index contributed by atoms with van der Waals surface area (Å²) in [4.78, 5) is 12.7. The fraction of sp³-hybridized carbons (Fsp3) is 0.615. The van der Waals surface area contributed by atoms with E-state index in [2.05, 4.69) is 25.6 Å². The van der Waals surface area contributed by atoms with Gasteiger partial charge in [-0.3, -0.25) is 4.99 Å². The number of rotatable bonds is 3. The minimum atomic E-state index is 0.573. The normalized spacial score (nSPS) is 16.9. The molecule has 0 unspecified atom stereocenters. The minimum absolute atomic E-state index is 0.573. The van der Waals surface area contributed by atoms with Crippen molar-refractivity contribution in [1.29, 1.82) is 0 Å². The third-order valence-electron chi connectivity index (χ3n) is 3.19. The minimum Gasteiger partial charge on any atom is -0.354 e. The van der Waals surface area contributed by atoms with Crippen molar-refractivity contribution in [3.05, 3.63) is 23.8 Å². The molecule has 5 nitrogen and oxygen atoms in total. The Hall–Kier alpha value is -1.65. The van der Waals surface area contributed by atoms with Crippen molar-refractivity contribution in [3.63, 3.8) is 0 Å². The van der Waals surface area contributed by atoms with Crippen molar-refractivity contribution in [2.24, 2.45) is 4.99 Å². The number of aliphatic imine (C=N–C) groups is 1. The number of aryl methyl sites for hydroxylation is 1. The van der Waals surface area contributed by atoms with Crippen LogP contribution in [-0.4, -0.2) is 29.0 Å². The van der Waals surface area contributed by atoms with Gasteiger partial charge in [-0.25, -0.2) is 9.97 Å². The first-order chi connectivity index (χ1) is 8.78. The molecule has 0 saturated heterocycles. The molecule has 1 aromatic heterocycles. The summed E-state index contributed by atoms with van der Waals surface area (Å²) in [5.74, 6) is 1.66. The number of aromatic nitrogens is 2. The van der Waals surface area contributed by atoms with Gasteiger partial charge in [0.05, 0.1) is 12.2 Å². The topological polar surface area (TPSA) is 62.2 Å². The van der Waals surface area contributed by atoms with Crippen molar-refractivity contribution in [2.45, 2.75) is 45.2 Å². The Kier molecular flexibility index (Phi) is 4.50. The van der Waals surface area contributed by atoms with Crippen molar-refractivity contribution in [1.82, 2.24) is 20.6 Å². The van der Waals surface area contributed by atoms with Crippen LogP contribution in [0.4, 0.5) is 0 Å². The van der Waals surface area contributed by atoms with Crippen molar-refractivity contribution >= 4 is 5.96 Å². The van der Waals surface area contributed by atoms with Crippen molar-refractivity contribution in [2.75, 3.05) is 7.05 Å². The van der Waals surface area contributed by atoms with Gasteiger partial charge in [-0.1, -0.05) is 12.8 Å². The van der Waals surface area contributed by atoms with Gasteiger partial charge >= 0.3 is 0 Å². The van der Waals surface area contributed by atoms with Crippen LogP contribution in [0.1, 0.15) is 37.2 Å². The van der Waals surface area contributed by atoms with Crippen LogP contribution in [0, 0.1) is 6.92 Å². The standard InChI is InChI=1S/C13H21N5/c1-10-15-8-7-12(17-10)9-16-13(14-2)18-11-5-3-4-6-11/h7-8,11H,3-6,9H2,1-2H3,(H2,14,16,18). The number of hydrogen-bond acceptors (Lipinski definition) is 3. The van der Waals surface area contributed by atoms with Crippen LogP contribution in [-0.2, 0) is 6.54 Å². The molecule has 1 saturated carbocycles. The number of nitrogens with one attached hydrogen (secondary N) is 2. The Morgan fingerprint density at radius 1 is 1.44 bits per heavy atom. The van der Waals surface area contributed by atoms with Gasteiger partial charge in [-0.15, -0.1) is 0 Å². The zero-order valence-corrected chi connectivity index (χ0v) is 11.1. The Morgan fingerprint density at radius 3 is 2.89 bits per heavy atom. The van der Waals surface area contributed by atoms with Crippen LogP contribution >= 0.6 is 0 Å². The highest BCUT2D eigenvalue weighted by Crippen LogP contribution is 2.17. The second kappa shape index (κ2) is 6.33. The van der Waals surface area contributed by atoms with E-state index in [9.17, 15) is 0 Å². The highest BCUT2D eigenvalue weighted by atomic mass is 15.2. The van der Waals surface area contributed by atoms with E-state index in [0.717, 1.165) is 17.5 Å². The molecule has 0 amide bonds. The van der Waals surface area contributed by atoms with E-state index in [1.165, 1.54) is 25.7 Å². The van der Waals surface area contributed by atoms with Gasteiger partial charge in [0.15, 0.2) is 5.96 Å². The van der Waals surface area contributed by atoms with Crippen LogP contribution in [0.2, 0.25) is 0 Å². The lowest BCUT2D eigenvalue weighted by atomic mass is 10.2. The Balaban J connectivity index is 1.83. The smallest absolute Gasteiger partial charge is 0.191 e. The van der Waals surface area contributed by atoms with Gasteiger partial charge in [0.25, 0.3) is 0 Å². The summed E-state index contributed by atoms with van der Waals surface area (Å²) in [5.41, 5.74) is 0.983. The fourth-order valence-electron chi connectivity index (χ4n) is 2.24. The monoisotopic (exact) mass is 247 g/mol. The van der Waals surface area contributed by atoms with Crippen LogP contribution in [0.25, 0.3) is 0 Å². The molecule has 1 aliphatic carbocycles. The van der Waals surface area contributed by atoms with E-state index in [1.54, 1.807) is 13.2 Å². The summed E-state index contributed by atoms with van der Waals surface area (Å²) in [6, 6.07) is 2.49. The average molecular weight is 247 g/mol. The molecule has 98 valence electrons. The summed E-state index contributed by atoms with van der Waals surface area (Å²) in [6.45, 7) is 2.57. The molecule has 2 N–H and O–H groups in total. The highest BCUT2D eigenvalue weighted by Gasteiger charge is 2.15. The predicted octanol–water partition coefficient (Wildman–Crippen LogP) is 1.39. The lowest BCUT2D eigenvalue weighted by Gasteiger charge is -2.16. The quantitative estimate of drug-likeness (QED) is 0.626. The van der Waals surface area contributed by atoms with Crippen LogP contribution < -0.4 is 10.6 Å². The molecule has 18 heavy (non-hydrogen) atoms. The predicted molar refractivity (Wildman–Crippen MR) is 72.4 cm³/mol. The van der Waals surface area contributed by atoms with E-state index < -0.39 is 0 Å². The zero-order valence-electron chi connectivity index (χ0n) is 11.1. The number of nitrogens with zero attached hydrogens (tertiary/aromatic N) is 3. The van der Waals surface area contributed by atoms with Crippen molar-refractivity contribution < 1.29 is 0 Å². The molecule has 0 spiro atoms. The zero-order chi connectivity index (χ0) is 12.8. The Morgan fingerprint density at radius 2 is 2.22 bits per heavy atom. The Labute approximate surface area is 108 Å². The van der Waals surface area contributed by atoms with Gasteiger partial charge in [0.2, 0.25) is 0 Å². The maximum Gasteiger partial charge on any atom is 0.191 e. The van der Waals surface area contributed by atoms with E-state index in [-0.39, 0.29) is 0 Å². The van der Waals surface area contributed by atoms with Crippen LogP contribution in [0.3, 0.4) is 0 Å². The second-order valence-electron chi connectivity index (χ2n) is 4.65. The molecule has 2 rings (SSSR count).